The first-order valence-corrected chi connectivity index (χ1v) is 10.1. The molecule has 2 aromatic heterocycles. The van der Waals surface area contributed by atoms with Crippen molar-refractivity contribution in [3.05, 3.63) is 71.8 Å². The molecule has 0 aliphatic carbocycles. The van der Waals surface area contributed by atoms with Gasteiger partial charge in [-0.25, -0.2) is 14.6 Å². The Hall–Kier alpha value is -2.77. The molecule has 8 heteroatoms. The third-order valence-electron chi connectivity index (χ3n) is 5.44. The van der Waals surface area contributed by atoms with Gasteiger partial charge < -0.3 is 10.2 Å². The smallest absolute Gasteiger partial charge is 0.250 e. The SMILES string of the molecule is Cc1c(C(CC(=O)N2CCNCC2)Cc2ccccc2)cnn1-c1ncccn1.Cl. The van der Waals surface area contributed by atoms with Crippen LogP contribution in [-0.4, -0.2) is 56.7 Å². The Balaban J connectivity index is 0.00000256. The number of nitrogens with one attached hydrogen (secondary N) is 1. The van der Waals surface area contributed by atoms with Crippen molar-refractivity contribution in [1.82, 2.24) is 30.0 Å². The van der Waals surface area contributed by atoms with Gasteiger partial charge in [0.1, 0.15) is 0 Å². The topological polar surface area (TPSA) is 75.9 Å². The highest BCUT2D eigenvalue weighted by Gasteiger charge is 2.25. The fraction of sp³-hybridized carbons (Fsp3) is 0.364. The van der Waals surface area contributed by atoms with Crippen LogP contribution in [0.4, 0.5) is 0 Å². The first-order valence-electron chi connectivity index (χ1n) is 10.1. The highest BCUT2D eigenvalue weighted by molar-refractivity contribution is 5.85. The lowest BCUT2D eigenvalue weighted by Crippen LogP contribution is -2.46. The van der Waals surface area contributed by atoms with E-state index >= 15 is 0 Å². The Bertz CT molecular complexity index is 941. The monoisotopic (exact) mass is 426 g/mol. The van der Waals surface area contributed by atoms with E-state index in [1.807, 2.05) is 36.2 Å². The van der Waals surface area contributed by atoms with Gasteiger partial charge in [-0.3, -0.25) is 4.79 Å². The molecule has 1 aliphatic heterocycles. The predicted octanol–water partition coefficient (Wildman–Crippen LogP) is 2.54. The number of carbonyl (C=O) groups excluding carboxylic acids is 1. The number of halogens is 1. The highest BCUT2D eigenvalue weighted by atomic mass is 35.5. The molecule has 3 aromatic rings. The first kappa shape index (κ1) is 21.9. The van der Waals surface area contributed by atoms with E-state index in [0.717, 1.165) is 43.9 Å². The largest absolute Gasteiger partial charge is 0.340 e. The van der Waals surface area contributed by atoms with Gasteiger partial charge in [0.2, 0.25) is 5.91 Å². The van der Waals surface area contributed by atoms with Crippen LogP contribution in [0, 0.1) is 6.92 Å². The second-order valence-corrected chi connectivity index (χ2v) is 7.37. The summed E-state index contributed by atoms with van der Waals surface area (Å²) >= 11 is 0. The summed E-state index contributed by atoms with van der Waals surface area (Å²) in [5.41, 5.74) is 3.27. The van der Waals surface area contributed by atoms with Crippen LogP contribution < -0.4 is 5.32 Å². The van der Waals surface area contributed by atoms with E-state index in [1.165, 1.54) is 5.56 Å². The Morgan fingerprint density at radius 3 is 2.50 bits per heavy atom. The van der Waals surface area contributed by atoms with Crippen molar-refractivity contribution in [2.24, 2.45) is 0 Å². The third kappa shape index (κ3) is 5.04. The van der Waals surface area contributed by atoms with E-state index in [0.29, 0.717) is 12.4 Å². The molecule has 7 nitrogen and oxygen atoms in total. The zero-order chi connectivity index (χ0) is 20.1. The lowest BCUT2D eigenvalue weighted by molar-refractivity contribution is -0.132. The Kier molecular flexibility index (Phi) is 7.54. The minimum atomic E-state index is 0. The molecule has 0 saturated carbocycles. The van der Waals surface area contributed by atoms with Crippen LogP contribution in [0.2, 0.25) is 0 Å². The molecule has 158 valence electrons. The van der Waals surface area contributed by atoms with Gasteiger partial charge in [0.05, 0.1) is 6.20 Å². The quantitative estimate of drug-likeness (QED) is 0.655. The number of piperazine rings is 1. The molecular weight excluding hydrogens is 400 g/mol. The number of benzene rings is 1. The van der Waals surface area contributed by atoms with Crippen molar-refractivity contribution in [3.8, 4) is 5.95 Å². The number of nitrogens with zero attached hydrogens (tertiary/aromatic N) is 5. The summed E-state index contributed by atoms with van der Waals surface area (Å²) in [5.74, 6) is 0.802. The molecular formula is C22H27ClN6O. The maximum Gasteiger partial charge on any atom is 0.250 e. The van der Waals surface area contributed by atoms with Gasteiger partial charge in [-0.2, -0.15) is 5.10 Å². The summed E-state index contributed by atoms with van der Waals surface area (Å²) in [6.45, 7) is 5.28. The van der Waals surface area contributed by atoms with Crippen molar-refractivity contribution in [3.63, 3.8) is 0 Å². The van der Waals surface area contributed by atoms with Gasteiger partial charge in [0.25, 0.3) is 5.95 Å². The average Bonchev–Trinajstić information content (AvgIpc) is 3.16. The molecule has 1 aliphatic rings. The Morgan fingerprint density at radius 2 is 1.80 bits per heavy atom. The Labute approximate surface area is 182 Å². The van der Waals surface area contributed by atoms with Crippen LogP contribution in [-0.2, 0) is 11.2 Å². The van der Waals surface area contributed by atoms with Gasteiger partial charge in [-0.15, -0.1) is 12.4 Å². The molecule has 1 aromatic carbocycles. The average molecular weight is 427 g/mol. The van der Waals surface area contributed by atoms with Crippen LogP contribution in [0.15, 0.2) is 55.0 Å². The summed E-state index contributed by atoms with van der Waals surface area (Å²) in [6, 6.07) is 12.1. The molecule has 3 heterocycles. The number of carbonyl (C=O) groups is 1. The molecule has 0 radical (unpaired) electrons. The molecule has 1 fully saturated rings. The van der Waals surface area contributed by atoms with Crippen LogP contribution >= 0.6 is 12.4 Å². The van der Waals surface area contributed by atoms with E-state index in [1.54, 1.807) is 23.1 Å². The zero-order valence-corrected chi connectivity index (χ0v) is 17.9. The first-order chi connectivity index (χ1) is 14.2. The molecule has 0 spiro atoms. The third-order valence-corrected chi connectivity index (χ3v) is 5.44. The van der Waals surface area contributed by atoms with Gasteiger partial charge in [-0.05, 0) is 30.5 Å². The van der Waals surface area contributed by atoms with Crippen molar-refractivity contribution in [2.75, 3.05) is 26.2 Å². The maximum absolute atomic E-state index is 13.0. The van der Waals surface area contributed by atoms with E-state index < -0.39 is 0 Å². The molecule has 1 amide bonds. The van der Waals surface area contributed by atoms with E-state index in [2.05, 4.69) is 32.5 Å². The minimum absolute atomic E-state index is 0. The normalized spacial score (nSPS) is 14.8. The molecule has 1 N–H and O–H groups in total. The predicted molar refractivity (Wildman–Crippen MR) is 118 cm³/mol. The van der Waals surface area contributed by atoms with Crippen molar-refractivity contribution >= 4 is 18.3 Å². The number of amides is 1. The minimum Gasteiger partial charge on any atom is -0.340 e. The second-order valence-electron chi connectivity index (χ2n) is 7.37. The molecule has 0 bridgehead atoms. The fourth-order valence-electron chi connectivity index (χ4n) is 3.87. The summed E-state index contributed by atoms with van der Waals surface area (Å²) in [4.78, 5) is 23.6. The highest BCUT2D eigenvalue weighted by Crippen LogP contribution is 2.28. The standard InChI is InChI=1S/C22H26N6O.ClH/c1-17-20(16-26-28(17)22-24-8-5-9-25-22)19(14-18-6-3-2-4-7-18)15-21(29)27-12-10-23-11-13-27;/h2-9,16,19,23H,10-15H2,1H3;1H. The molecule has 30 heavy (non-hydrogen) atoms. The maximum atomic E-state index is 13.0. The molecule has 1 saturated heterocycles. The number of hydrogen-bond acceptors (Lipinski definition) is 5. The summed E-state index contributed by atoms with van der Waals surface area (Å²) in [7, 11) is 0. The van der Waals surface area contributed by atoms with E-state index in [9.17, 15) is 4.79 Å². The summed E-state index contributed by atoms with van der Waals surface area (Å²) < 4.78 is 1.75. The molecule has 1 atom stereocenters. The van der Waals surface area contributed by atoms with E-state index in [4.69, 9.17) is 0 Å². The summed E-state index contributed by atoms with van der Waals surface area (Å²) in [5, 5.41) is 7.83. The van der Waals surface area contributed by atoms with Crippen molar-refractivity contribution in [2.45, 2.75) is 25.7 Å². The number of aromatic nitrogens is 4. The second kappa shape index (κ2) is 10.3. The lowest BCUT2D eigenvalue weighted by Gasteiger charge is -2.29. The Morgan fingerprint density at radius 1 is 1.10 bits per heavy atom. The number of rotatable bonds is 6. The fourth-order valence-corrected chi connectivity index (χ4v) is 3.87. The van der Waals surface area contributed by atoms with Crippen molar-refractivity contribution < 1.29 is 4.79 Å². The van der Waals surface area contributed by atoms with Crippen molar-refractivity contribution in [1.29, 1.82) is 0 Å². The van der Waals surface area contributed by atoms with Crippen LogP contribution in [0.5, 0.6) is 0 Å². The van der Waals surface area contributed by atoms with Gasteiger partial charge in [0, 0.05) is 56.6 Å². The van der Waals surface area contributed by atoms with Gasteiger partial charge in [0.15, 0.2) is 0 Å². The lowest BCUT2D eigenvalue weighted by atomic mass is 9.89. The van der Waals surface area contributed by atoms with Crippen LogP contribution in [0.1, 0.15) is 29.2 Å². The van der Waals surface area contributed by atoms with Gasteiger partial charge >= 0.3 is 0 Å². The van der Waals surface area contributed by atoms with Crippen LogP contribution in [0.25, 0.3) is 5.95 Å². The number of hydrogen-bond donors (Lipinski definition) is 1. The molecule has 4 rings (SSSR count). The summed E-state index contributed by atoms with van der Waals surface area (Å²) in [6.07, 6.45) is 6.54. The zero-order valence-electron chi connectivity index (χ0n) is 17.1. The van der Waals surface area contributed by atoms with E-state index in [-0.39, 0.29) is 24.2 Å². The molecule has 1 unspecified atom stereocenters. The van der Waals surface area contributed by atoms with Gasteiger partial charge in [-0.1, -0.05) is 30.3 Å². The van der Waals surface area contributed by atoms with Crippen LogP contribution in [0.3, 0.4) is 0 Å².